The predicted octanol–water partition coefficient (Wildman–Crippen LogP) is 3.17. The molecule has 242 valence electrons. The van der Waals surface area contributed by atoms with E-state index in [9.17, 15) is 19.3 Å². The van der Waals surface area contributed by atoms with Crippen LogP contribution in [0.4, 0.5) is 5.82 Å². The lowest BCUT2D eigenvalue weighted by Crippen LogP contribution is -2.35. The topological polar surface area (TPSA) is 217 Å². The number of aliphatic hydroxyl groups is 2. The fraction of sp³-hybridized carbons (Fsp3) is 0.455. The molecule has 7 rings (SSSR count). The second kappa shape index (κ2) is 11.9. The second-order valence-electron chi connectivity index (χ2n) is 10.3. The van der Waals surface area contributed by atoms with E-state index in [1.807, 2.05) is 0 Å². The van der Waals surface area contributed by atoms with Crippen LogP contribution in [-0.4, -0.2) is 89.1 Å². The molecule has 2 bridgehead atoms. The number of aliphatic hydroxyl groups excluding tert-OH is 2. The molecule has 3 saturated heterocycles. The summed E-state index contributed by atoms with van der Waals surface area (Å²) >= 11 is 20.5. The predicted molar refractivity (Wildman–Crippen MR) is 164 cm³/mol. The number of nitrogen functional groups attached to an aromatic ring is 1. The summed E-state index contributed by atoms with van der Waals surface area (Å²) in [5, 5.41) is 23.0. The van der Waals surface area contributed by atoms with Crippen LogP contribution in [-0.2, 0) is 36.7 Å². The largest absolute Gasteiger partial charge is 0.387 e. The number of fused-ring (bicyclic) bond motifs is 5. The Morgan fingerprint density at radius 1 is 0.844 bits per heavy atom. The number of halogens is 2. The first-order chi connectivity index (χ1) is 21.3. The first kappa shape index (κ1) is 32.0. The highest BCUT2D eigenvalue weighted by Gasteiger charge is 2.53. The molecule has 23 heteroatoms. The van der Waals surface area contributed by atoms with E-state index in [4.69, 9.17) is 56.5 Å². The minimum atomic E-state index is -4.31. The molecule has 6 heterocycles. The van der Waals surface area contributed by atoms with Crippen molar-refractivity contribution in [1.29, 1.82) is 0 Å². The number of nitrogens with zero attached hydrogens (tertiary/aromatic N) is 6. The summed E-state index contributed by atoms with van der Waals surface area (Å²) in [4.78, 5) is 16.6. The number of rotatable bonds is 2. The minimum absolute atomic E-state index is 0.0929. The minimum Gasteiger partial charge on any atom is -0.387 e. The molecule has 3 aromatic heterocycles. The summed E-state index contributed by atoms with van der Waals surface area (Å²) in [6, 6.07) is 3.08. The van der Waals surface area contributed by atoms with Gasteiger partial charge in [-0.05, 0) is 12.1 Å². The summed E-state index contributed by atoms with van der Waals surface area (Å²) in [5.41, 5.74) is 7.30. The number of thiol groups is 2. The van der Waals surface area contributed by atoms with E-state index in [1.165, 1.54) is 34.2 Å². The van der Waals surface area contributed by atoms with E-state index in [1.54, 1.807) is 6.07 Å². The Hall–Kier alpha value is -1.54. The maximum absolute atomic E-state index is 13.6. The number of anilines is 1. The number of nitrogens with two attached hydrogens (primary N) is 1. The van der Waals surface area contributed by atoms with Crippen LogP contribution in [0.3, 0.4) is 0 Å². The number of aromatic nitrogens is 6. The van der Waals surface area contributed by atoms with Gasteiger partial charge in [0.25, 0.3) is 0 Å². The Bertz CT molecular complexity index is 1890. The normalized spacial score (nSPS) is 37.7. The Kier molecular flexibility index (Phi) is 8.44. The van der Waals surface area contributed by atoms with Gasteiger partial charge >= 0.3 is 13.6 Å². The summed E-state index contributed by atoms with van der Waals surface area (Å²) in [7, 11) is 0. The monoisotopic (exact) mass is 741 g/mol. The van der Waals surface area contributed by atoms with E-state index >= 15 is 0 Å². The molecule has 17 nitrogen and oxygen atoms in total. The highest BCUT2D eigenvalue weighted by molar-refractivity contribution is 8.44. The van der Waals surface area contributed by atoms with E-state index in [-0.39, 0.29) is 27.0 Å². The van der Waals surface area contributed by atoms with Crippen molar-refractivity contribution < 1.29 is 46.9 Å². The fourth-order valence-corrected chi connectivity index (χ4v) is 8.66. The van der Waals surface area contributed by atoms with Gasteiger partial charge in [-0.3, -0.25) is 22.7 Å². The number of hydrogen-bond donors (Lipinski definition) is 5. The summed E-state index contributed by atoms with van der Waals surface area (Å²) < 4.78 is 64.4. The average Bonchev–Trinajstić information content (AvgIpc) is 3.73. The fourth-order valence-electron chi connectivity index (χ4n) is 5.39. The Morgan fingerprint density at radius 2 is 1.49 bits per heavy atom. The molecule has 45 heavy (non-hydrogen) atoms. The van der Waals surface area contributed by atoms with E-state index in [0.29, 0.717) is 11.0 Å². The molecule has 0 aliphatic carbocycles. The van der Waals surface area contributed by atoms with Gasteiger partial charge in [-0.2, -0.15) is 0 Å². The zero-order chi connectivity index (χ0) is 31.8. The second-order valence-corrected chi connectivity index (χ2v) is 16.8. The van der Waals surface area contributed by atoms with Crippen molar-refractivity contribution in [1.82, 2.24) is 29.1 Å². The molecule has 3 fully saturated rings. The van der Waals surface area contributed by atoms with Gasteiger partial charge in [0.05, 0.1) is 46.9 Å². The SMILES string of the molecule is Nc1ncnc2c1ncn2C1OC2COP(=O)(S)OC3C(COP(=O)(S)OC1C2O)OC(n1cnc2cc(Cl)c(Cl)cc21)C3O. The average molecular weight is 742 g/mol. The van der Waals surface area contributed by atoms with Crippen LogP contribution in [0.5, 0.6) is 0 Å². The summed E-state index contributed by atoms with van der Waals surface area (Å²) in [5.74, 6) is 0.0929. The molecule has 4 aromatic rings. The molecular weight excluding hydrogens is 719 g/mol. The standard InChI is InChI=1S/C22H23Cl2N7O10P2S2/c23-8-1-10-11(2-9(8)24)30(6-28-10)21-16(33)17-13(39-21)4-37-43(35,45)41-18-15(32)12(3-36-42(34,44)40-17)38-22(18)31-7-29-14-19(25)26-5-27-20(14)31/h1-2,5-7,12-13,15-18,21-22,32-33H,3-4H2,(H,34,44)(H,35,45)(H2,25,26,27). The van der Waals surface area contributed by atoms with Crippen LogP contribution in [0.1, 0.15) is 12.5 Å². The maximum Gasteiger partial charge on any atom is 0.386 e. The molecule has 1 aromatic carbocycles. The zero-order valence-electron chi connectivity index (χ0n) is 22.4. The third-order valence-corrected chi connectivity index (χ3v) is 11.4. The van der Waals surface area contributed by atoms with Gasteiger partial charge in [0.15, 0.2) is 23.9 Å². The lowest BCUT2D eigenvalue weighted by Gasteiger charge is -2.26. The lowest BCUT2D eigenvalue weighted by atomic mass is 10.1. The van der Waals surface area contributed by atoms with Gasteiger partial charge < -0.3 is 30.0 Å². The Balaban J connectivity index is 1.20. The highest BCUT2D eigenvalue weighted by Crippen LogP contribution is 2.60. The van der Waals surface area contributed by atoms with Gasteiger partial charge in [-0.25, -0.2) is 29.1 Å². The third-order valence-electron chi connectivity index (χ3n) is 7.49. The van der Waals surface area contributed by atoms with Crippen molar-refractivity contribution in [3.63, 3.8) is 0 Å². The molecule has 0 saturated carbocycles. The molecule has 10 atom stereocenters. The number of hydrogen-bond acceptors (Lipinski definition) is 15. The summed E-state index contributed by atoms with van der Waals surface area (Å²) in [6.07, 6.45) is -6.62. The van der Waals surface area contributed by atoms with Crippen LogP contribution in [0.15, 0.2) is 31.1 Å². The van der Waals surface area contributed by atoms with Crippen LogP contribution in [0.2, 0.25) is 10.0 Å². The number of benzene rings is 1. The molecule has 4 N–H and O–H groups in total. The van der Waals surface area contributed by atoms with Crippen LogP contribution in [0.25, 0.3) is 22.2 Å². The van der Waals surface area contributed by atoms with Gasteiger partial charge in [-0.15, -0.1) is 0 Å². The van der Waals surface area contributed by atoms with E-state index < -0.39 is 75.9 Å². The van der Waals surface area contributed by atoms with Crippen LogP contribution >= 0.6 is 61.3 Å². The number of imidazole rings is 2. The molecule has 10 unspecified atom stereocenters. The third kappa shape index (κ3) is 5.91. The molecule has 3 aliphatic rings. The van der Waals surface area contributed by atoms with Crippen molar-refractivity contribution in [3.8, 4) is 0 Å². The molecule has 0 amide bonds. The Labute approximate surface area is 273 Å². The van der Waals surface area contributed by atoms with Crippen molar-refractivity contribution in [3.05, 3.63) is 41.2 Å². The Morgan fingerprint density at radius 3 is 2.24 bits per heavy atom. The zero-order valence-corrected chi connectivity index (χ0v) is 27.5. The van der Waals surface area contributed by atoms with Crippen molar-refractivity contribution in [2.75, 3.05) is 18.9 Å². The molecule has 0 spiro atoms. The molecule has 0 radical (unpaired) electrons. The first-order valence-electron chi connectivity index (χ1n) is 13.0. The quantitative estimate of drug-likeness (QED) is 0.147. The smallest absolute Gasteiger partial charge is 0.386 e. The van der Waals surface area contributed by atoms with Gasteiger partial charge in [0, 0.05) is 0 Å². The first-order valence-corrected chi connectivity index (χ1v) is 19.2. The molecular formula is C22H23Cl2N7O10P2S2. The molecule has 3 aliphatic heterocycles. The van der Waals surface area contributed by atoms with E-state index in [2.05, 4.69) is 44.4 Å². The van der Waals surface area contributed by atoms with Gasteiger partial charge in [0.2, 0.25) is 0 Å². The van der Waals surface area contributed by atoms with Gasteiger partial charge in [0.1, 0.15) is 48.5 Å². The maximum atomic E-state index is 13.6. The van der Waals surface area contributed by atoms with Crippen molar-refractivity contribution in [2.24, 2.45) is 0 Å². The van der Waals surface area contributed by atoms with Gasteiger partial charge in [-0.1, -0.05) is 47.7 Å². The van der Waals surface area contributed by atoms with Crippen LogP contribution < -0.4 is 5.73 Å². The number of ether oxygens (including phenoxy) is 2. The highest BCUT2D eigenvalue weighted by atomic mass is 35.5. The lowest BCUT2D eigenvalue weighted by molar-refractivity contribution is -0.0574. The van der Waals surface area contributed by atoms with Crippen molar-refractivity contribution in [2.45, 2.75) is 49.1 Å². The van der Waals surface area contributed by atoms with Crippen molar-refractivity contribution >= 4 is 89.3 Å². The van der Waals surface area contributed by atoms with Crippen LogP contribution in [0, 0.1) is 0 Å². The van der Waals surface area contributed by atoms with E-state index in [0.717, 1.165) is 0 Å². The summed E-state index contributed by atoms with van der Waals surface area (Å²) in [6.45, 7) is -9.66.